The molecule has 0 N–H and O–H groups in total. The summed E-state index contributed by atoms with van der Waals surface area (Å²) in [6.45, 7) is 2.76. The summed E-state index contributed by atoms with van der Waals surface area (Å²) in [5, 5.41) is 11.6. The molecule has 8 heteroatoms. The minimum absolute atomic E-state index is 0.0388. The third-order valence-corrected chi connectivity index (χ3v) is 3.82. The van der Waals surface area contributed by atoms with Gasteiger partial charge in [-0.3, -0.25) is 10.1 Å². The van der Waals surface area contributed by atoms with E-state index in [4.69, 9.17) is 11.6 Å². The second kappa shape index (κ2) is 6.15. The van der Waals surface area contributed by atoms with E-state index in [2.05, 4.69) is 14.9 Å². The molecular weight excluding hydrogens is 306 g/mol. The van der Waals surface area contributed by atoms with Crippen molar-refractivity contribution in [1.29, 1.82) is 0 Å². The molecule has 2 heterocycles. The molecule has 1 aliphatic rings. The van der Waals surface area contributed by atoms with Gasteiger partial charge in [0.25, 0.3) is 5.69 Å². The van der Waals surface area contributed by atoms with E-state index in [0.717, 1.165) is 0 Å². The third-order valence-electron chi connectivity index (χ3n) is 3.59. The fourth-order valence-electron chi connectivity index (χ4n) is 2.51. The number of nitro benzene ring substituents is 1. The van der Waals surface area contributed by atoms with E-state index in [1.165, 1.54) is 6.07 Å². The van der Waals surface area contributed by atoms with Gasteiger partial charge in [-0.05, 0) is 18.2 Å². The summed E-state index contributed by atoms with van der Waals surface area (Å²) in [6, 6.07) is 6.55. The fourth-order valence-corrected chi connectivity index (χ4v) is 2.68. The molecule has 114 valence electrons. The van der Waals surface area contributed by atoms with Crippen molar-refractivity contribution in [3.05, 3.63) is 51.8 Å². The van der Waals surface area contributed by atoms with Crippen LogP contribution in [0.1, 0.15) is 0 Å². The second-order valence-electron chi connectivity index (χ2n) is 4.91. The Morgan fingerprint density at radius 1 is 1.09 bits per heavy atom. The summed E-state index contributed by atoms with van der Waals surface area (Å²) in [5.41, 5.74) is 0.639. The number of piperazine rings is 1. The molecule has 1 saturated heterocycles. The number of anilines is 2. The minimum Gasteiger partial charge on any atom is -0.362 e. The lowest BCUT2D eigenvalue weighted by molar-refractivity contribution is -0.384. The van der Waals surface area contributed by atoms with Crippen molar-refractivity contribution in [3.8, 4) is 0 Å². The van der Waals surface area contributed by atoms with Crippen molar-refractivity contribution in [2.45, 2.75) is 0 Å². The monoisotopic (exact) mass is 319 g/mol. The zero-order chi connectivity index (χ0) is 15.5. The molecule has 1 aromatic carbocycles. The largest absolute Gasteiger partial charge is 0.362 e. The van der Waals surface area contributed by atoms with Crippen molar-refractivity contribution < 1.29 is 4.92 Å². The Bertz CT molecular complexity index is 674. The minimum atomic E-state index is -0.395. The fraction of sp³-hybridized carbons (Fsp3) is 0.286. The van der Waals surface area contributed by atoms with E-state index < -0.39 is 4.92 Å². The molecule has 0 spiro atoms. The number of nitrogens with zero attached hydrogens (tertiary/aromatic N) is 5. The van der Waals surface area contributed by atoms with E-state index in [9.17, 15) is 10.1 Å². The number of aromatic nitrogens is 2. The standard InChI is InChI=1S/C14H14ClN5O2/c15-11-2-3-12(13(10-11)20(21)22)18-6-8-19(9-7-18)14-16-4-1-5-17-14/h1-5,10H,6-9H2. The zero-order valence-corrected chi connectivity index (χ0v) is 12.5. The van der Waals surface area contributed by atoms with Crippen LogP contribution in [-0.4, -0.2) is 41.1 Å². The highest BCUT2D eigenvalue weighted by molar-refractivity contribution is 6.30. The molecular formula is C14H14ClN5O2. The van der Waals surface area contributed by atoms with Crippen LogP contribution in [0.3, 0.4) is 0 Å². The van der Waals surface area contributed by atoms with E-state index in [1.807, 2.05) is 4.90 Å². The molecule has 0 bridgehead atoms. The summed E-state index contributed by atoms with van der Waals surface area (Å²) in [5.74, 6) is 0.688. The first-order valence-corrected chi connectivity index (χ1v) is 7.24. The SMILES string of the molecule is O=[N+]([O-])c1cc(Cl)ccc1N1CCN(c2ncccn2)CC1. The van der Waals surface area contributed by atoms with Gasteiger partial charge in [0.05, 0.1) is 4.92 Å². The quantitative estimate of drug-likeness (QED) is 0.638. The van der Waals surface area contributed by atoms with Crippen molar-refractivity contribution in [2.24, 2.45) is 0 Å². The van der Waals surface area contributed by atoms with E-state index in [0.29, 0.717) is 42.8 Å². The molecule has 2 aromatic rings. The highest BCUT2D eigenvalue weighted by Gasteiger charge is 2.24. The molecule has 0 unspecified atom stereocenters. The van der Waals surface area contributed by atoms with Crippen LogP contribution in [0.2, 0.25) is 5.02 Å². The number of hydrogen-bond donors (Lipinski definition) is 0. The molecule has 7 nitrogen and oxygen atoms in total. The van der Waals surface area contributed by atoms with E-state index in [-0.39, 0.29) is 5.69 Å². The summed E-state index contributed by atoms with van der Waals surface area (Å²) in [6.07, 6.45) is 3.41. The number of rotatable bonds is 3. The van der Waals surface area contributed by atoms with Crippen LogP contribution in [0.4, 0.5) is 17.3 Å². The van der Waals surface area contributed by atoms with Gasteiger partial charge in [0.1, 0.15) is 5.69 Å². The predicted molar refractivity (Wildman–Crippen MR) is 84.6 cm³/mol. The molecule has 1 aromatic heterocycles. The van der Waals surface area contributed by atoms with Crippen LogP contribution >= 0.6 is 11.6 Å². The van der Waals surface area contributed by atoms with Gasteiger partial charge in [0.15, 0.2) is 0 Å². The van der Waals surface area contributed by atoms with Gasteiger partial charge in [0, 0.05) is 49.7 Å². The number of benzene rings is 1. The predicted octanol–water partition coefficient (Wildman–Crippen LogP) is 2.36. The highest BCUT2D eigenvalue weighted by atomic mass is 35.5. The Hall–Kier alpha value is -2.41. The topological polar surface area (TPSA) is 75.4 Å². The second-order valence-corrected chi connectivity index (χ2v) is 5.35. The van der Waals surface area contributed by atoms with Gasteiger partial charge >= 0.3 is 0 Å². The Balaban J connectivity index is 1.76. The van der Waals surface area contributed by atoms with Crippen LogP contribution in [0.25, 0.3) is 0 Å². The maximum Gasteiger partial charge on any atom is 0.294 e. The van der Waals surface area contributed by atoms with Gasteiger partial charge in [0.2, 0.25) is 5.95 Å². The van der Waals surface area contributed by atoms with Crippen LogP contribution in [0.15, 0.2) is 36.7 Å². The average Bonchev–Trinajstić information content (AvgIpc) is 2.56. The Morgan fingerprint density at radius 3 is 2.36 bits per heavy atom. The first-order valence-electron chi connectivity index (χ1n) is 6.86. The molecule has 1 fully saturated rings. The van der Waals surface area contributed by atoms with Crippen molar-refractivity contribution in [3.63, 3.8) is 0 Å². The third kappa shape index (κ3) is 2.94. The van der Waals surface area contributed by atoms with E-state index >= 15 is 0 Å². The summed E-state index contributed by atoms with van der Waals surface area (Å²) in [7, 11) is 0. The van der Waals surface area contributed by atoms with Crippen molar-refractivity contribution >= 4 is 28.9 Å². The maximum absolute atomic E-state index is 11.2. The maximum atomic E-state index is 11.2. The zero-order valence-electron chi connectivity index (χ0n) is 11.7. The van der Waals surface area contributed by atoms with Crippen LogP contribution in [0.5, 0.6) is 0 Å². The van der Waals surface area contributed by atoms with Gasteiger partial charge in [-0.1, -0.05) is 11.6 Å². The molecule has 3 rings (SSSR count). The molecule has 1 aliphatic heterocycles. The number of halogens is 1. The van der Waals surface area contributed by atoms with Gasteiger partial charge < -0.3 is 9.80 Å². The molecule has 22 heavy (non-hydrogen) atoms. The molecule has 0 aliphatic carbocycles. The van der Waals surface area contributed by atoms with Gasteiger partial charge in [-0.15, -0.1) is 0 Å². The first-order chi connectivity index (χ1) is 10.6. The average molecular weight is 320 g/mol. The lowest BCUT2D eigenvalue weighted by Crippen LogP contribution is -2.47. The van der Waals surface area contributed by atoms with E-state index in [1.54, 1.807) is 30.6 Å². The molecule has 0 atom stereocenters. The smallest absolute Gasteiger partial charge is 0.294 e. The highest BCUT2D eigenvalue weighted by Crippen LogP contribution is 2.31. The molecule has 0 saturated carbocycles. The summed E-state index contributed by atoms with van der Waals surface area (Å²) < 4.78 is 0. The summed E-state index contributed by atoms with van der Waals surface area (Å²) >= 11 is 5.86. The van der Waals surface area contributed by atoms with Crippen molar-refractivity contribution in [2.75, 3.05) is 36.0 Å². The molecule has 0 amide bonds. The first kappa shape index (κ1) is 14.5. The lowest BCUT2D eigenvalue weighted by atomic mass is 10.2. The summed E-state index contributed by atoms with van der Waals surface area (Å²) in [4.78, 5) is 23.3. The lowest BCUT2D eigenvalue weighted by Gasteiger charge is -2.35. The van der Waals surface area contributed by atoms with Gasteiger partial charge in [-0.2, -0.15) is 0 Å². The Morgan fingerprint density at radius 2 is 1.73 bits per heavy atom. The van der Waals surface area contributed by atoms with Crippen LogP contribution in [-0.2, 0) is 0 Å². The van der Waals surface area contributed by atoms with Gasteiger partial charge in [-0.25, -0.2) is 9.97 Å². The molecule has 0 radical (unpaired) electrons. The number of hydrogen-bond acceptors (Lipinski definition) is 6. The normalized spacial score (nSPS) is 15.0. The Labute approximate surface area is 132 Å². The Kier molecular flexibility index (Phi) is 4.06. The van der Waals surface area contributed by atoms with Crippen LogP contribution in [0, 0.1) is 10.1 Å². The van der Waals surface area contributed by atoms with Crippen LogP contribution < -0.4 is 9.80 Å². The van der Waals surface area contributed by atoms with Crippen molar-refractivity contribution in [1.82, 2.24) is 9.97 Å². The number of nitro groups is 1.